The van der Waals surface area contributed by atoms with Crippen LogP contribution in [-0.2, 0) is 6.54 Å². The predicted octanol–water partition coefficient (Wildman–Crippen LogP) is 0.597. The van der Waals surface area contributed by atoms with Gasteiger partial charge in [-0.3, -0.25) is 4.98 Å². The quantitative estimate of drug-likeness (QED) is 0.567. The first-order valence-corrected chi connectivity index (χ1v) is 3.84. The molecule has 0 aromatic carbocycles. The molecular weight excluding hydrogens is 138 g/mol. The van der Waals surface area contributed by atoms with Crippen LogP contribution in [-0.4, -0.2) is 18.1 Å². The minimum atomic E-state index is 0.927. The number of hydrogen-bond donors (Lipinski definition) is 2. The van der Waals surface area contributed by atoms with Gasteiger partial charge in [0.05, 0.1) is 0 Å². The van der Waals surface area contributed by atoms with E-state index in [1.54, 1.807) is 0 Å². The summed E-state index contributed by atoms with van der Waals surface area (Å²) in [6, 6.07) is 2.02. The Morgan fingerprint density at radius 1 is 1.36 bits per heavy atom. The molecule has 0 atom stereocenters. The fraction of sp³-hybridized carbons (Fsp3) is 0.375. The van der Waals surface area contributed by atoms with Crippen LogP contribution in [0, 0.1) is 0 Å². The summed E-state index contributed by atoms with van der Waals surface area (Å²) < 4.78 is 0. The molecule has 2 N–H and O–H groups in total. The van der Waals surface area contributed by atoms with Crippen molar-refractivity contribution in [1.29, 1.82) is 0 Å². The molecule has 2 rings (SSSR count). The SMILES string of the molecule is c1cc2c(cn1)CNCCN2. The minimum absolute atomic E-state index is 0.927. The van der Waals surface area contributed by atoms with Gasteiger partial charge in [-0.2, -0.15) is 0 Å². The van der Waals surface area contributed by atoms with Gasteiger partial charge in [0.2, 0.25) is 0 Å². The van der Waals surface area contributed by atoms with E-state index in [1.807, 2.05) is 18.5 Å². The number of nitrogens with zero attached hydrogens (tertiary/aromatic N) is 1. The molecule has 1 aliphatic heterocycles. The van der Waals surface area contributed by atoms with E-state index in [0.29, 0.717) is 0 Å². The lowest BCUT2D eigenvalue weighted by Gasteiger charge is -2.03. The maximum absolute atomic E-state index is 4.06. The van der Waals surface area contributed by atoms with Gasteiger partial charge in [-0.25, -0.2) is 0 Å². The van der Waals surface area contributed by atoms with Gasteiger partial charge in [0.1, 0.15) is 0 Å². The zero-order valence-electron chi connectivity index (χ0n) is 6.30. The Hall–Kier alpha value is -1.09. The molecule has 0 unspecified atom stereocenters. The number of hydrogen-bond acceptors (Lipinski definition) is 3. The minimum Gasteiger partial charge on any atom is -0.383 e. The van der Waals surface area contributed by atoms with Gasteiger partial charge in [0.25, 0.3) is 0 Å². The third-order valence-corrected chi connectivity index (χ3v) is 1.84. The molecule has 1 aromatic heterocycles. The lowest BCUT2D eigenvalue weighted by molar-refractivity contribution is 0.723. The standard InChI is InChI=1S/C8H11N3/c1-2-9-5-7-6-10-3-4-11-8(1)7/h1-2,5,10-11H,3-4,6H2. The number of fused-ring (bicyclic) bond motifs is 1. The van der Waals surface area contributed by atoms with Crippen molar-refractivity contribution in [3.8, 4) is 0 Å². The topological polar surface area (TPSA) is 37.0 Å². The number of nitrogens with one attached hydrogen (secondary N) is 2. The highest BCUT2D eigenvalue weighted by Gasteiger charge is 2.03. The fourth-order valence-electron chi connectivity index (χ4n) is 1.25. The zero-order chi connectivity index (χ0) is 7.52. The molecule has 0 aliphatic carbocycles. The largest absolute Gasteiger partial charge is 0.383 e. The Morgan fingerprint density at radius 2 is 2.36 bits per heavy atom. The third kappa shape index (κ3) is 1.33. The molecule has 0 amide bonds. The number of pyridine rings is 1. The number of anilines is 1. The van der Waals surface area contributed by atoms with Crippen LogP contribution in [0.4, 0.5) is 5.69 Å². The van der Waals surface area contributed by atoms with E-state index in [-0.39, 0.29) is 0 Å². The van der Waals surface area contributed by atoms with Crippen LogP contribution in [0.15, 0.2) is 18.5 Å². The van der Waals surface area contributed by atoms with Gasteiger partial charge in [0.15, 0.2) is 0 Å². The Bertz CT molecular complexity index is 222. The summed E-state index contributed by atoms with van der Waals surface area (Å²) in [6.07, 6.45) is 3.72. The average Bonchev–Trinajstić information content (AvgIpc) is 2.28. The van der Waals surface area contributed by atoms with Crippen molar-refractivity contribution in [2.24, 2.45) is 0 Å². The van der Waals surface area contributed by atoms with Crippen LogP contribution in [0.5, 0.6) is 0 Å². The maximum atomic E-state index is 4.06. The molecule has 0 bridgehead atoms. The summed E-state index contributed by atoms with van der Waals surface area (Å²) in [5, 5.41) is 6.62. The van der Waals surface area contributed by atoms with Crippen molar-refractivity contribution in [3.63, 3.8) is 0 Å². The second-order valence-corrected chi connectivity index (χ2v) is 2.64. The van der Waals surface area contributed by atoms with Crippen molar-refractivity contribution >= 4 is 5.69 Å². The first-order chi connectivity index (χ1) is 5.47. The van der Waals surface area contributed by atoms with Crippen LogP contribution in [0.1, 0.15) is 5.56 Å². The smallest absolute Gasteiger partial charge is 0.0417 e. The Morgan fingerprint density at radius 3 is 3.36 bits per heavy atom. The van der Waals surface area contributed by atoms with E-state index in [9.17, 15) is 0 Å². The van der Waals surface area contributed by atoms with Gasteiger partial charge in [-0.05, 0) is 6.07 Å². The van der Waals surface area contributed by atoms with Crippen LogP contribution < -0.4 is 10.6 Å². The highest BCUT2D eigenvalue weighted by Crippen LogP contribution is 2.13. The molecule has 0 saturated carbocycles. The summed E-state index contributed by atoms with van der Waals surface area (Å²) in [6.45, 7) is 2.95. The van der Waals surface area contributed by atoms with E-state index in [1.165, 1.54) is 11.3 Å². The molecule has 0 radical (unpaired) electrons. The normalized spacial score (nSPS) is 16.4. The monoisotopic (exact) mass is 149 g/mol. The van der Waals surface area contributed by atoms with Crippen LogP contribution >= 0.6 is 0 Å². The number of rotatable bonds is 0. The molecule has 1 aliphatic rings. The summed E-state index contributed by atoms with van der Waals surface area (Å²) in [5.41, 5.74) is 2.47. The molecule has 0 spiro atoms. The van der Waals surface area contributed by atoms with E-state index in [0.717, 1.165) is 19.6 Å². The lowest BCUT2D eigenvalue weighted by Crippen LogP contribution is -2.16. The second kappa shape index (κ2) is 2.88. The van der Waals surface area contributed by atoms with Gasteiger partial charge >= 0.3 is 0 Å². The van der Waals surface area contributed by atoms with Crippen molar-refractivity contribution in [1.82, 2.24) is 10.3 Å². The van der Waals surface area contributed by atoms with E-state index in [4.69, 9.17) is 0 Å². The maximum Gasteiger partial charge on any atom is 0.0417 e. The molecule has 2 heterocycles. The average molecular weight is 149 g/mol. The molecule has 0 saturated heterocycles. The van der Waals surface area contributed by atoms with E-state index >= 15 is 0 Å². The van der Waals surface area contributed by atoms with Crippen molar-refractivity contribution in [2.45, 2.75) is 6.54 Å². The second-order valence-electron chi connectivity index (χ2n) is 2.64. The van der Waals surface area contributed by atoms with Crippen molar-refractivity contribution < 1.29 is 0 Å². The van der Waals surface area contributed by atoms with Crippen LogP contribution in [0.25, 0.3) is 0 Å². The van der Waals surface area contributed by atoms with Gasteiger partial charge in [-0.1, -0.05) is 0 Å². The number of aromatic nitrogens is 1. The summed E-state index contributed by atoms with van der Waals surface area (Å²) in [4.78, 5) is 4.06. The van der Waals surface area contributed by atoms with Crippen LogP contribution in [0.3, 0.4) is 0 Å². The Balaban J connectivity index is 2.33. The summed E-state index contributed by atoms with van der Waals surface area (Å²) >= 11 is 0. The molecule has 3 heteroatoms. The van der Waals surface area contributed by atoms with Crippen molar-refractivity contribution in [2.75, 3.05) is 18.4 Å². The predicted molar refractivity (Wildman–Crippen MR) is 44.4 cm³/mol. The first-order valence-electron chi connectivity index (χ1n) is 3.84. The Kier molecular flexibility index (Phi) is 1.73. The molecule has 1 aromatic rings. The van der Waals surface area contributed by atoms with Gasteiger partial charge in [-0.15, -0.1) is 0 Å². The van der Waals surface area contributed by atoms with Gasteiger partial charge in [0, 0.05) is 43.3 Å². The van der Waals surface area contributed by atoms with Crippen molar-refractivity contribution in [3.05, 3.63) is 24.0 Å². The zero-order valence-corrected chi connectivity index (χ0v) is 6.30. The fourth-order valence-corrected chi connectivity index (χ4v) is 1.25. The summed E-state index contributed by atoms with van der Waals surface area (Å²) in [7, 11) is 0. The summed E-state index contributed by atoms with van der Waals surface area (Å²) in [5.74, 6) is 0. The molecular formula is C8H11N3. The highest BCUT2D eigenvalue weighted by molar-refractivity contribution is 5.49. The van der Waals surface area contributed by atoms with E-state index in [2.05, 4.69) is 15.6 Å². The van der Waals surface area contributed by atoms with E-state index < -0.39 is 0 Å². The Labute approximate surface area is 65.8 Å². The highest BCUT2D eigenvalue weighted by atomic mass is 15.0. The molecule has 11 heavy (non-hydrogen) atoms. The first kappa shape index (κ1) is 6.61. The third-order valence-electron chi connectivity index (χ3n) is 1.84. The molecule has 3 nitrogen and oxygen atoms in total. The van der Waals surface area contributed by atoms with Gasteiger partial charge < -0.3 is 10.6 Å². The molecule has 58 valence electrons. The van der Waals surface area contributed by atoms with Crippen LogP contribution in [0.2, 0.25) is 0 Å². The molecule has 0 fully saturated rings. The lowest BCUT2D eigenvalue weighted by atomic mass is 10.2.